The molecule has 0 aromatic heterocycles. The van der Waals surface area contributed by atoms with Crippen molar-refractivity contribution >= 4 is 0 Å². The molecule has 106 valence electrons. The van der Waals surface area contributed by atoms with Crippen molar-refractivity contribution in [3.8, 4) is 11.8 Å². The Hall–Kier alpha value is -1.28. The highest BCUT2D eigenvalue weighted by molar-refractivity contribution is 5.40. The summed E-state index contributed by atoms with van der Waals surface area (Å²) in [5, 5.41) is 40.2. The molecule has 3 unspecified atom stereocenters. The van der Waals surface area contributed by atoms with E-state index in [0.717, 1.165) is 0 Å². The zero-order valence-electron chi connectivity index (χ0n) is 11.9. The lowest BCUT2D eigenvalue weighted by Crippen LogP contribution is -2.51. The van der Waals surface area contributed by atoms with Crippen LogP contribution in [0.4, 0.5) is 0 Å². The van der Waals surface area contributed by atoms with E-state index in [-0.39, 0.29) is 17.8 Å². The van der Waals surface area contributed by atoms with E-state index in [9.17, 15) is 20.4 Å². The molecule has 0 heterocycles. The van der Waals surface area contributed by atoms with E-state index in [1.807, 2.05) is 0 Å². The Labute approximate surface area is 114 Å². The molecule has 0 saturated heterocycles. The smallest absolute Gasteiger partial charge is 0.155 e. The van der Waals surface area contributed by atoms with Crippen LogP contribution in [0.3, 0.4) is 0 Å². The summed E-state index contributed by atoms with van der Waals surface area (Å²) >= 11 is 0. The standard InChI is InChI=1S/C15H22O4/c1-6-14(5,18)7-8-15(19)10(2)12(17)11(16)9-13(15,3)4/h6,11,16-19H,1,9H2,2-5H3. The van der Waals surface area contributed by atoms with Crippen LogP contribution in [0.2, 0.25) is 0 Å². The van der Waals surface area contributed by atoms with Crippen LogP contribution in [0.5, 0.6) is 0 Å². The number of aliphatic hydroxyl groups is 4. The molecule has 0 aromatic carbocycles. The molecule has 1 rings (SSSR count). The Morgan fingerprint density at radius 3 is 2.47 bits per heavy atom. The lowest BCUT2D eigenvalue weighted by molar-refractivity contribution is -0.0410. The monoisotopic (exact) mass is 266 g/mol. The molecule has 0 fully saturated rings. The zero-order valence-corrected chi connectivity index (χ0v) is 11.9. The quantitative estimate of drug-likeness (QED) is 0.426. The van der Waals surface area contributed by atoms with Gasteiger partial charge in [-0.2, -0.15) is 0 Å². The lowest BCUT2D eigenvalue weighted by Gasteiger charge is -2.45. The number of aliphatic hydroxyl groups excluding tert-OH is 2. The van der Waals surface area contributed by atoms with E-state index in [1.165, 1.54) is 19.9 Å². The van der Waals surface area contributed by atoms with Gasteiger partial charge in [-0.25, -0.2) is 0 Å². The van der Waals surface area contributed by atoms with Gasteiger partial charge < -0.3 is 20.4 Å². The molecule has 0 aliphatic heterocycles. The van der Waals surface area contributed by atoms with Crippen LogP contribution in [0, 0.1) is 17.3 Å². The van der Waals surface area contributed by atoms with Crippen LogP contribution >= 0.6 is 0 Å². The van der Waals surface area contributed by atoms with Gasteiger partial charge in [0, 0.05) is 11.0 Å². The molecule has 1 aliphatic carbocycles. The highest BCUT2D eigenvalue weighted by atomic mass is 16.3. The number of hydrogen-bond acceptors (Lipinski definition) is 4. The van der Waals surface area contributed by atoms with Crippen LogP contribution < -0.4 is 0 Å². The number of hydrogen-bond donors (Lipinski definition) is 4. The van der Waals surface area contributed by atoms with Crippen molar-refractivity contribution in [3.63, 3.8) is 0 Å². The van der Waals surface area contributed by atoms with Gasteiger partial charge in [0.25, 0.3) is 0 Å². The minimum atomic E-state index is -1.61. The highest BCUT2D eigenvalue weighted by Crippen LogP contribution is 2.46. The topological polar surface area (TPSA) is 80.9 Å². The summed E-state index contributed by atoms with van der Waals surface area (Å²) in [5.41, 5.74) is -3.57. The molecule has 0 aromatic rings. The van der Waals surface area contributed by atoms with Crippen LogP contribution in [0.1, 0.15) is 34.1 Å². The Balaban J connectivity index is 3.38. The van der Waals surface area contributed by atoms with Gasteiger partial charge in [-0.3, -0.25) is 0 Å². The number of rotatable bonds is 1. The summed E-state index contributed by atoms with van der Waals surface area (Å²) in [4.78, 5) is 0. The zero-order chi connectivity index (χ0) is 15.1. The largest absolute Gasteiger partial charge is 0.509 e. The van der Waals surface area contributed by atoms with Crippen LogP contribution in [0.25, 0.3) is 0 Å². The van der Waals surface area contributed by atoms with E-state index in [1.54, 1.807) is 13.8 Å². The summed E-state index contributed by atoms with van der Waals surface area (Å²) in [5.74, 6) is 4.93. The first-order chi connectivity index (χ1) is 8.47. The van der Waals surface area contributed by atoms with Crippen LogP contribution in [-0.4, -0.2) is 37.7 Å². The van der Waals surface area contributed by atoms with Crippen LogP contribution in [-0.2, 0) is 0 Å². The minimum Gasteiger partial charge on any atom is -0.509 e. The van der Waals surface area contributed by atoms with E-state index in [2.05, 4.69) is 18.4 Å². The van der Waals surface area contributed by atoms with Crippen LogP contribution in [0.15, 0.2) is 24.0 Å². The first-order valence-electron chi connectivity index (χ1n) is 6.18. The molecule has 0 radical (unpaired) electrons. The molecule has 0 spiro atoms. The molecule has 4 heteroatoms. The minimum absolute atomic E-state index is 0.178. The summed E-state index contributed by atoms with van der Waals surface area (Å²) < 4.78 is 0. The van der Waals surface area contributed by atoms with Crippen molar-refractivity contribution in [1.29, 1.82) is 0 Å². The molecular formula is C15H22O4. The maximum atomic E-state index is 10.8. The Kier molecular flexibility index (Phi) is 3.88. The third-order valence-electron chi connectivity index (χ3n) is 3.82. The van der Waals surface area contributed by atoms with Gasteiger partial charge in [-0.1, -0.05) is 32.3 Å². The van der Waals surface area contributed by atoms with Gasteiger partial charge in [-0.15, -0.1) is 0 Å². The highest BCUT2D eigenvalue weighted by Gasteiger charge is 2.50. The van der Waals surface area contributed by atoms with Crippen molar-refractivity contribution in [2.45, 2.75) is 51.4 Å². The maximum Gasteiger partial charge on any atom is 0.155 e. The average Bonchev–Trinajstić information content (AvgIpc) is 2.32. The Morgan fingerprint density at radius 1 is 1.47 bits per heavy atom. The molecular weight excluding hydrogens is 244 g/mol. The van der Waals surface area contributed by atoms with E-state index < -0.39 is 22.7 Å². The third-order valence-corrected chi connectivity index (χ3v) is 3.82. The molecule has 4 N–H and O–H groups in total. The summed E-state index contributed by atoms with van der Waals surface area (Å²) in [6, 6.07) is 0. The molecule has 4 nitrogen and oxygen atoms in total. The van der Waals surface area contributed by atoms with Gasteiger partial charge >= 0.3 is 0 Å². The normalized spacial score (nSPS) is 33.1. The average molecular weight is 266 g/mol. The van der Waals surface area contributed by atoms with Gasteiger partial charge in [0.1, 0.15) is 17.5 Å². The van der Waals surface area contributed by atoms with Crippen molar-refractivity contribution < 1.29 is 20.4 Å². The molecule has 0 saturated carbocycles. The predicted octanol–water partition coefficient (Wildman–Crippen LogP) is 1.28. The second kappa shape index (κ2) is 4.68. The Morgan fingerprint density at radius 2 is 2.00 bits per heavy atom. The second-order valence-corrected chi connectivity index (χ2v) is 5.93. The molecule has 1 aliphatic rings. The van der Waals surface area contributed by atoms with Gasteiger partial charge in [0.05, 0.1) is 0 Å². The molecule has 0 bridgehead atoms. The third kappa shape index (κ3) is 2.69. The molecule has 3 atom stereocenters. The van der Waals surface area contributed by atoms with Crippen molar-refractivity contribution in [2.24, 2.45) is 5.41 Å². The van der Waals surface area contributed by atoms with Crippen molar-refractivity contribution in [1.82, 2.24) is 0 Å². The first kappa shape index (κ1) is 15.8. The summed E-state index contributed by atoms with van der Waals surface area (Å²) in [6.07, 6.45) is 0.446. The van der Waals surface area contributed by atoms with Gasteiger partial charge in [0.2, 0.25) is 0 Å². The van der Waals surface area contributed by atoms with Crippen molar-refractivity contribution in [2.75, 3.05) is 0 Å². The van der Waals surface area contributed by atoms with E-state index >= 15 is 0 Å². The fourth-order valence-electron chi connectivity index (χ4n) is 2.20. The summed E-state index contributed by atoms with van der Waals surface area (Å²) in [7, 11) is 0. The molecule has 0 amide bonds. The first-order valence-corrected chi connectivity index (χ1v) is 6.18. The van der Waals surface area contributed by atoms with E-state index in [4.69, 9.17) is 0 Å². The van der Waals surface area contributed by atoms with Gasteiger partial charge in [-0.05, 0) is 26.3 Å². The van der Waals surface area contributed by atoms with Gasteiger partial charge in [0.15, 0.2) is 5.60 Å². The SMILES string of the molecule is C=CC(C)(O)C#CC1(O)C(C)=C(O)C(O)CC1(C)C. The van der Waals surface area contributed by atoms with E-state index in [0.29, 0.717) is 0 Å². The van der Waals surface area contributed by atoms with Crippen molar-refractivity contribution in [3.05, 3.63) is 24.0 Å². The summed E-state index contributed by atoms with van der Waals surface area (Å²) in [6.45, 7) is 9.96. The maximum absolute atomic E-state index is 10.8. The fourth-order valence-corrected chi connectivity index (χ4v) is 2.20. The Bertz CT molecular complexity index is 476. The fraction of sp³-hybridized carbons (Fsp3) is 0.600. The predicted molar refractivity (Wildman–Crippen MR) is 73.3 cm³/mol. The second-order valence-electron chi connectivity index (χ2n) is 5.93. The lowest BCUT2D eigenvalue weighted by atomic mass is 9.64. The molecule has 19 heavy (non-hydrogen) atoms.